The van der Waals surface area contributed by atoms with Crippen molar-refractivity contribution in [2.24, 2.45) is 0 Å². The van der Waals surface area contributed by atoms with Crippen LogP contribution in [-0.2, 0) is 0 Å². The van der Waals surface area contributed by atoms with E-state index in [9.17, 15) is 0 Å². The van der Waals surface area contributed by atoms with Gasteiger partial charge < -0.3 is 14.7 Å². The van der Waals surface area contributed by atoms with E-state index in [1.165, 1.54) is 0 Å². The quantitative estimate of drug-likeness (QED) is 0.755. The zero-order valence-electron chi connectivity index (χ0n) is 10.8. The van der Waals surface area contributed by atoms with Gasteiger partial charge in [-0.25, -0.2) is 0 Å². The van der Waals surface area contributed by atoms with Crippen molar-refractivity contribution in [3.63, 3.8) is 0 Å². The second-order valence-electron chi connectivity index (χ2n) is 4.46. The highest BCUT2D eigenvalue weighted by molar-refractivity contribution is 5.87. The highest BCUT2D eigenvalue weighted by atomic mass is 16.5. The summed E-state index contributed by atoms with van der Waals surface area (Å²) in [4.78, 5) is 0. The molecule has 0 radical (unpaired) electrons. The molecule has 0 saturated heterocycles. The molecule has 0 fully saturated rings. The van der Waals surface area contributed by atoms with Crippen LogP contribution in [0.15, 0.2) is 45.3 Å². The van der Waals surface area contributed by atoms with Crippen molar-refractivity contribution in [3.05, 3.63) is 47.9 Å². The van der Waals surface area contributed by atoms with Gasteiger partial charge in [-0.3, -0.25) is 0 Å². The first kappa shape index (κ1) is 11.6. The molecule has 96 valence electrons. The van der Waals surface area contributed by atoms with Gasteiger partial charge in [-0.05, 0) is 25.5 Å². The van der Waals surface area contributed by atoms with Crippen LogP contribution in [-0.4, -0.2) is 5.16 Å². The average Bonchev–Trinajstić information content (AvgIpc) is 2.93. The van der Waals surface area contributed by atoms with Gasteiger partial charge >= 0.3 is 0 Å². The maximum atomic E-state index is 5.93. The molecule has 0 unspecified atom stereocenters. The van der Waals surface area contributed by atoms with Crippen LogP contribution in [0.4, 0.5) is 5.82 Å². The summed E-state index contributed by atoms with van der Waals surface area (Å²) in [5.74, 6) is 2.67. The van der Waals surface area contributed by atoms with E-state index in [-0.39, 0.29) is 0 Å². The van der Waals surface area contributed by atoms with Crippen LogP contribution in [0.25, 0.3) is 22.5 Å². The molecule has 1 aromatic carbocycles. The first-order valence-corrected chi connectivity index (χ1v) is 6.05. The summed E-state index contributed by atoms with van der Waals surface area (Å²) in [7, 11) is 0. The topological polar surface area (TPSA) is 65.2 Å². The maximum absolute atomic E-state index is 5.93. The van der Waals surface area contributed by atoms with Crippen molar-refractivity contribution in [3.8, 4) is 22.5 Å². The van der Waals surface area contributed by atoms with E-state index in [0.717, 1.165) is 28.2 Å². The van der Waals surface area contributed by atoms with E-state index in [0.29, 0.717) is 11.6 Å². The fraction of sp³-hybridized carbons (Fsp3) is 0.133. The van der Waals surface area contributed by atoms with Crippen LogP contribution in [0.1, 0.15) is 11.5 Å². The van der Waals surface area contributed by atoms with E-state index < -0.39 is 0 Å². The lowest BCUT2D eigenvalue weighted by atomic mass is 10.0. The number of aromatic nitrogens is 1. The first-order chi connectivity index (χ1) is 9.16. The smallest absolute Gasteiger partial charge is 0.180 e. The van der Waals surface area contributed by atoms with E-state index in [4.69, 9.17) is 14.7 Å². The van der Waals surface area contributed by atoms with Crippen molar-refractivity contribution in [1.29, 1.82) is 0 Å². The lowest BCUT2D eigenvalue weighted by Gasteiger charge is -2.01. The molecular formula is C15H14N2O2. The van der Waals surface area contributed by atoms with Gasteiger partial charge in [0, 0.05) is 0 Å². The number of nitrogens with zero attached hydrogens (tertiary/aromatic N) is 1. The van der Waals surface area contributed by atoms with Crippen molar-refractivity contribution in [2.45, 2.75) is 13.8 Å². The Morgan fingerprint density at radius 1 is 1.11 bits per heavy atom. The molecule has 19 heavy (non-hydrogen) atoms. The van der Waals surface area contributed by atoms with E-state index in [1.54, 1.807) is 0 Å². The van der Waals surface area contributed by atoms with E-state index in [1.807, 2.05) is 50.2 Å². The number of aryl methyl sites for hydroxylation is 2. The molecule has 0 saturated carbocycles. The third-order valence-electron chi connectivity index (χ3n) is 3.07. The largest absolute Gasteiger partial charge is 0.466 e. The van der Waals surface area contributed by atoms with Gasteiger partial charge in [0.05, 0.1) is 11.1 Å². The normalized spacial score (nSPS) is 10.8. The zero-order valence-corrected chi connectivity index (χ0v) is 10.8. The summed E-state index contributed by atoms with van der Waals surface area (Å²) in [6.07, 6.45) is 0. The van der Waals surface area contributed by atoms with Gasteiger partial charge in [-0.2, -0.15) is 0 Å². The average molecular weight is 254 g/mol. The Morgan fingerprint density at radius 2 is 1.84 bits per heavy atom. The molecule has 4 heteroatoms. The minimum Gasteiger partial charge on any atom is -0.466 e. The molecule has 2 heterocycles. The molecule has 0 spiro atoms. The summed E-state index contributed by atoms with van der Waals surface area (Å²) < 4.78 is 10.9. The maximum Gasteiger partial charge on any atom is 0.180 e. The third-order valence-corrected chi connectivity index (χ3v) is 3.07. The molecule has 0 atom stereocenters. The number of benzene rings is 1. The summed E-state index contributed by atoms with van der Waals surface area (Å²) in [5.41, 5.74) is 8.61. The van der Waals surface area contributed by atoms with Crippen molar-refractivity contribution in [1.82, 2.24) is 5.16 Å². The molecule has 0 bridgehead atoms. The predicted molar refractivity (Wildman–Crippen MR) is 73.5 cm³/mol. The molecule has 2 aromatic heterocycles. The van der Waals surface area contributed by atoms with Crippen molar-refractivity contribution < 1.29 is 8.94 Å². The number of hydrogen-bond acceptors (Lipinski definition) is 4. The van der Waals surface area contributed by atoms with Crippen LogP contribution in [0.5, 0.6) is 0 Å². The third kappa shape index (κ3) is 1.91. The van der Waals surface area contributed by atoms with Gasteiger partial charge in [0.2, 0.25) is 0 Å². The molecule has 4 nitrogen and oxygen atoms in total. The Kier molecular flexibility index (Phi) is 2.63. The monoisotopic (exact) mass is 254 g/mol. The number of furan rings is 1. The Morgan fingerprint density at radius 3 is 2.47 bits per heavy atom. The zero-order chi connectivity index (χ0) is 13.4. The lowest BCUT2D eigenvalue weighted by Crippen LogP contribution is -1.88. The number of anilines is 1. The highest BCUT2D eigenvalue weighted by Gasteiger charge is 2.20. The Balaban J connectivity index is 2.22. The number of hydrogen-bond donors (Lipinski definition) is 1. The SMILES string of the molecule is Cc1cc(-c2onc(N)c2-c2ccccc2)c(C)o1. The van der Waals surface area contributed by atoms with Crippen LogP contribution >= 0.6 is 0 Å². The predicted octanol–water partition coefficient (Wildman–Crippen LogP) is 3.80. The fourth-order valence-corrected chi connectivity index (χ4v) is 2.23. The summed E-state index contributed by atoms with van der Waals surface area (Å²) in [5, 5.41) is 3.88. The van der Waals surface area contributed by atoms with Crippen molar-refractivity contribution in [2.75, 3.05) is 5.73 Å². The van der Waals surface area contributed by atoms with Crippen LogP contribution in [0.2, 0.25) is 0 Å². The van der Waals surface area contributed by atoms with E-state index >= 15 is 0 Å². The first-order valence-electron chi connectivity index (χ1n) is 6.05. The molecule has 0 aliphatic rings. The summed E-state index contributed by atoms with van der Waals surface area (Å²) in [6.45, 7) is 3.80. The second kappa shape index (κ2) is 4.31. The van der Waals surface area contributed by atoms with Gasteiger partial charge in [0.15, 0.2) is 11.6 Å². The van der Waals surface area contributed by atoms with Crippen molar-refractivity contribution >= 4 is 5.82 Å². The fourth-order valence-electron chi connectivity index (χ4n) is 2.23. The Bertz CT molecular complexity index is 711. The van der Waals surface area contributed by atoms with E-state index in [2.05, 4.69) is 5.16 Å². The summed E-state index contributed by atoms with van der Waals surface area (Å²) >= 11 is 0. The number of rotatable bonds is 2. The second-order valence-corrected chi connectivity index (χ2v) is 4.46. The minimum absolute atomic E-state index is 0.388. The Hall–Kier alpha value is -2.49. The molecule has 3 rings (SSSR count). The molecule has 0 aliphatic carbocycles. The number of nitrogen functional groups attached to an aromatic ring is 1. The van der Waals surface area contributed by atoms with Gasteiger partial charge in [-0.15, -0.1) is 0 Å². The Labute approximate surface area is 110 Å². The van der Waals surface area contributed by atoms with Crippen LogP contribution in [0.3, 0.4) is 0 Å². The standard InChI is InChI=1S/C15H14N2O2/c1-9-8-12(10(2)18-9)14-13(15(16)17-19-14)11-6-4-3-5-7-11/h3-8H,1-2H3,(H2,16,17). The molecule has 0 aliphatic heterocycles. The highest BCUT2D eigenvalue weighted by Crippen LogP contribution is 2.38. The van der Waals surface area contributed by atoms with Gasteiger partial charge in [0.25, 0.3) is 0 Å². The minimum atomic E-state index is 0.388. The summed E-state index contributed by atoms with van der Waals surface area (Å²) in [6, 6.07) is 11.8. The molecule has 0 amide bonds. The lowest BCUT2D eigenvalue weighted by molar-refractivity contribution is 0.434. The molecule has 2 N–H and O–H groups in total. The molecular weight excluding hydrogens is 240 g/mol. The molecule has 3 aromatic rings. The van der Waals surface area contributed by atoms with Gasteiger partial charge in [-0.1, -0.05) is 35.5 Å². The number of nitrogens with two attached hydrogens (primary N) is 1. The van der Waals surface area contributed by atoms with Gasteiger partial charge in [0.1, 0.15) is 11.5 Å². The van der Waals surface area contributed by atoms with Crippen LogP contribution < -0.4 is 5.73 Å². The van der Waals surface area contributed by atoms with Crippen LogP contribution in [0, 0.1) is 13.8 Å².